The maximum absolute atomic E-state index is 12.9. The molecule has 0 bridgehead atoms. The molecule has 128 valence electrons. The van der Waals surface area contributed by atoms with Crippen molar-refractivity contribution in [3.63, 3.8) is 0 Å². The molecular formula is C17H20Cl2N4O. The van der Waals surface area contributed by atoms with Crippen molar-refractivity contribution in [2.45, 2.75) is 19.4 Å². The van der Waals surface area contributed by atoms with Crippen LogP contribution in [-0.2, 0) is 24.2 Å². The largest absolute Gasteiger partial charge is 0.337 e. The number of aromatic nitrogens is 2. The minimum atomic E-state index is -0.0989. The van der Waals surface area contributed by atoms with Crippen LogP contribution in [0.15, 0.2) is 36.7 Å². The average molecular weight is 367 g/mol. The third-order valence-corrected chi connectivity index (χ3v) is 4.30. The Bertz CT molecular complexity index is 685. The van der Waals surface area contributed by atoms with Crippen LogP contribution in [0.4, 0.5) is 0 Å². The van der Waals surface area contributed by atoms with Crippen LogP contribution in [-0.4, -0.2) is 33.9 Å². The highest BCUT2D eigenvalue weighted by Gasteiger charge is 2.32. The first-order valence-electron chi connectivity index (χ1n) is 7.69. The smallest absolute Gasteiger partial charge is 0.226 e. The van der Waals surface area contributed by atoms with Gasteiger partial charge in [0.15, 0.2) is 0 Å². The van der Waals surface area contributed by atoms with E-state index < -0.39 is 0 Å². The first kappa shape index (κ1) is 18.6. The molecule has 1 aromatic heterocycles. The summed E-state index contributed by atoms with van der Waals surface area (Å²) in [6, 6.07) is 7.56. The van der Waals surface area contributed by atoms with Gasteiger partial charge in [-0.2, -0.15) is 0 Å². The van der Waals surface area contributed by atoms with Crippen LogP contribution in [0.2, 0.25) is 5.02 Å². The predicted octanol–water partition coefficient (Wildman–Crippen LogP) is 2.25. The Morgan fingerprint density at radius 3 is 2.50 bits per heavy atom. The summed E-state index contributed by atoms with van der Waals surface area (Å²) in [5.74, 6) is 0.00774. The monoisotopic (exact) mass is 366 g/mol. The van der Waals surface area contributed by atoms with Crippen molar-refractivity contribution in [2.75, 3.05) is 13.1 Å². The number of halogens is 2. The molecule has 3 rings (SSSR count). The van der Waals surface area contributed by atoms with Gasteiger partial charge >= 0.3 is 0 Å². The third-order valence-electron chi connectivity index (χ3n) is 4.06. The Kier molecular flexibility index (Phi) is 6.54. The zero-order valence-electron chi connectivity index (χ0n) is 13.2. The van der Waals surface area contributed by atoms with Crippen molar-refractivity contribution in [1.29, 1.82) is 0 Å². The molecule has 0 aliphatic heterocycles. The molecule has 0 radical (unpaired) electrons. The zero-order valence-corrected chi connectivity index (χ0v) is 14.8. The SMILES string of the molecule is Cl.NCCN(Cc1cccc(Cl)c1)C(=O)C1Cc2nccnc2C1. The Morgan fingerprint density at radius 2 is 1.92 bits per heavy atom. The minimum Gasteiger partial charge on any atom is -0.337 e. The fourth-order valence-electron chi connectivity index (χ4n) is 2.99. The Balaban J connectivity index is 0.00000208. The lowest BCUT2D eigenvalue weighted by Gasteiger charge is -2.25. The maximum atomic E-state index is 12.9. The summed E-state index contributed by atoms with van der Waals surface area (Å²) in [7, 11) is 0. The molecule has 1 amide bonds. The van der Waals surface area contributed by atoms with Crippen molar-refractivity contribution in [1.82, 2.24) is 14.9 Å². The second kappa shape index (κ2) is 8.42. The van der Waals surface area contributed by atoms with Crippen LogP contribution >= 0.6 is 24.0 Å². The molecule has 0 saturated heterocycles. The second-order valence-corrected chi connectivity index (χ2v) is 6.17. The first-order chi connectivity index (χ1) is 11.2. The van der Waals surface area contributed by atoms with Gasteiger partial charge in [0.1, 0.15) is 0 Å². The van der Waals surface area contributed by atoms with Crippen LogP contribution < -0.4 is 5.73 Å². The van der Waals surface area contributed by atoms with Gasteiger partial charge in [-0.1, -0.05) is 23.7 Å². The fraction of sp³-hybridized carbons (Fsp3) is 0.353. The van der Waals surface area contributed by atoms with E-state index in [0.717, 1.165) is 17.0 Å². The van der Waals surface area contributed by atoms with Gasteiger partial charge in [0.25, 0.3) is 0 Å². The van der Waals surface area contributed by atoms with Gasteiger partial charge in [0.2, 0.25) is 5.91 Å². The molecule has 1 aliphatic carbocycles. The van der Waals surface area contributed by atoms with Crippen molar-refractivity contribution in [3.05, 3.63) is 58.6 Å². The molecule has 0 spiro atoms. The lowest BCUT2D eigenvalue weighted by Crippen LogP contribution is -2.39. The molecule has 0 unspecified atom stereocenters. The van der Waals surface area contributed by atoms with Gasteiger partial charge in [-0.05, 0) is 17.7 Å². The van der Waals surface area contributed by atoms with Gasteiger partial charge in [0, 0.05) is 55.8 Å². The summed E-state index contributed by atoms with van der Waals surface area (Å²) in [6.07, 6.45) is 4.65. The molecule has 0 fully saturated rings. The number of fused-ring (bicyclic) bond motifs is 1. The second-order valence-electron chi connectivity index (χ2n) is 5.73. The average Bonchev–Trinajstić information content (AvgIpc) is 2.98. The van der Waals surface area contributed by atoms with E-state index >= 15 is 0 Å². The molecule has 24 heavy (non-hydrogen) atoms. The number of nitrogens with two attached hydrogens (primary N) is 1. The van der Waals surface area contributed by atoms with E-state index in [1.807, 2.05) is 29.2 Å². The lowest BCUT2D eigenvalue weighted by molar-refractivity contribution is -0.135. The molecule has 2 aromatic rings. The summed E-state index contributed by atoms with van der Waals surface area (Å²) in [6.45, 7) is 1.48. The van der Waals surface area contributed by atoms with Crippen molar-refractivity contribution < 1.29 is 4.79 Å². The van der Waals surface area contributed by atoms with E-state index in [0.29, 0.717) is 37.5 Å². The molecule has 1 aliphatic rings. The number of carbonyl (C=O) groups is 1. The van der Waals surface area contributed by atoms with Crippen molar-refractivity contribution >= 4 is 29.9 Å². The van der Waals surface area contributed by atoms with Crippen LogP contribution in [0.3, 0.4) is 0 Å². The summed E-state index contributed by atoms with van der Waals surface area (Å²) in [5, 5.41) is 0.671. The first-order valence-corrected chi connectivity index (χ1v) is 8.07. The van der Waals surface area contributed by atoms with Gasteiger partial charge in [-0.3, -0.25) is 14.8 Å². The van der Waals surface area contributed by atoms with Gasteiger partial charge < -0.3 is 10.6 Å². The van der Waals surface area contributed by atoms with E-state index in [-0.39, 0.29) is 24.2 Å². The van der Waals surface area contributed by atoms with E-state index in [2.05, 4.69) is 9.97 Å². The highest BCUT2D eigenvalue weighted by Crippen LogP contribution is 2.25. The lowest BCUT2D eigenvalue weighted by atomic mass is 10.0. The van der Waals surface area contributed by atoms with E-state index in [1.54, 1.807) is 12.4 Å². The van der Waals surface area contributed by atoms with Gasteiger partial charge in [-0.25, -0.2) is 0 Å². The molecule has 1 heterocycles. The fourth-order valence-corrected chi connectivity index (χ4v) is 3.20. The minimum absolute atomic E-state index is 0. The number of rotatable bonds is 5. The van der Waals surface area contributed by atoms with Crippen molar-refractivity contribution in [2.24, 2.45) is 11.7 Å². The van der Waals surface area contributed by atoms with Crippen LogP contribution in [0.25, 0.3) is 0 Å². The summed E-state index contributed by atoms with van der Waals surface area (Å²) in [4.78, 5) is 23.3. The van der Waals surface area contributed by atoms with Gasteiger partial charge in [0.05, 0.1) is 11.4 Å². The Labute approximate surface area is 152 Å². The molecule has 5 nitrogen and oxygen atoms in total. The van der Waals surface area contributed by atoms with Crippen LogP contribution in [0.5, 0.6) is 0 Å². The summed E-state index contributed by atoms with van der Waals surface area (Å²) >= 11 is 6.03. The predicted molar refractivity (Wildman–Crippen MR) is 96.1 cm³/mol. The molecule has 2 N–H and O–H groups in total. The van der Waals surface area contributed by atoms with Crippen LogP contribution in [0, 0.1) is 5.92 Å². The van der Waals surface area contributed by atoms with Crippen molar-refractivity contribution in [3.8, 4) is 0 Å². The zero-order chi connectivity index (χ0) is 16.2. The summed E-state index contributed by atoms with van der Waals surface area (Å²) in [5.41, 5.74) is 8.56. The topological polar surface area (TPSA) is 72.1 Å². The Morgan fingerprint density at radius 1 is 1.25 bits per heavy atom. The van der Waals surface area contributed by atoms with E-state index in [4.69, 9.17) is 17.3 Å². The van der Waals surface area contributed by atoms with E-state index in [1.165, 1.54) is 0 Å². The standard InChI is InChI=1S/C17H19ClN4O.ClH/c18-14-3-1-2-12(8-14)11-22(7-4-19)17(23)13-9-15-16(10-13)21-6-5-20-15;/h1-3,5-6,8,13H,4,7,9-11,19H2;1H. The van der Waals surface area contributed by atoms with Crippen LogP contribution in [0.1, 0.15) is 17.0 Å². The normalized spacial score (nSPS) is 13.2. The number of nitrogens with zero attached hydrogens (tertiary/aromatic N) is 3. The molecule has 0 saturated carbocycles. The number of amides is 1. The third kappa shape index (κ3) is 4.23. The highest BCUT2D eigenvalue weighted by molar-refractivity contribution is 6.30. The quantitative estimate of drug-likeness (QED) is 0.880. The number of carbonyl (C=O) groups excluding carboxylic acids is 1. The highest BCUT2D eigenvalue weighted by atomic mass is 35.5. The number of hydrogen-bond donors (Lipinski definition) is 1. The number of hydrogen-bond acceptors (Lipinski definition) is 4. The molecule has 1 aromatic carbocycles. The molecule has 7 heteroatoms. The summed E-state index contributed by atoms with van der Waals surface area (Å²) < 4.78 is 0. The maximum Gasteiger partial charge on any atom is 0.226 e. The molecule has 0 atom stereocenters. The van der Waals surface area contributed by atoms with E-state index in [9.17, 15) is 4.79 Å². The van der Waals surface area contributed by atoms with Gasteiger partial charge in [-0.15, -0.1) is 12.4 Å². The Hall–Kier alpha value is -1.69. The molecular weight excluding hydrogens is 347 g/mol. The number of benzene rings is 1.